The molecule has 6 rings (SSSR count). The second-order valence-electron chi connectivity index (χ2n) is 8.54. The van der Waals surface area contributed by atoms with E-state index in [9.17, 15) is 14.4 Å². The predicted octanol–water partition coefficient (Wildman–Crippen LogP) is 3.01. The number of nitriles is 1. The SMILES string of the molecule is CC1CC1c1nc(-c2ncn3c2c(=O)n(CC2CCCO2)c2c(C#N)c(F)ccc23)no1. The number of nitrogens with zero attached hydrogens (tertiary/aromatic N) is 6. The molecule has 0 N–H and O–H groups in total. The number of ether oxygens (including phenoxy) is 1. The Morgan fingerprint density at radius 1 is 1.34 bits per heavy atom. The molecule has 4 heterocycles. The van der Waals surface area contributed by atoms with E-state index in [1.807, 2.05) is 6.07 Å². The molecule has 1 aliphatic carbocycles. The second-order valence-corrected chi connectivity index (χ2v) is 8.54. The summed E-state index contributed by atoms with van der Waals surface area (Å²) >= 11 is 0. The second kappa shape index (κ2) is 6.97. The smallest absolute Gasteiger partial charge is 0.277 e. The van der Waals surface area contributed by atoms with Gasteiger partial charge in [-0.1, -0.05) is 12.1 Å². The van der Waals surface area contributed by atoms with Crippen LogP contribution in [0.5, 0.6) is 0 Å². The first kappa shape index (κ1) is 19.1. The van der Waals surface area contributed by atoms with Crippen molar-refractivity contribution in [3.05, 3.63) is 46.1 Å². The molecule has 32 heavy (non-hydrogen) atoms. The van der Waals surface area contributed by atoms with Crippen molar-refractivity contribution in [3.63, 3.8) is 0 Å². The normalized spacial score (nSPS) is 22.6. The van der Waals surface area contributed by atoms with Crippen LogP contribution >= 0.6 is 0 Å². The number of halogens is 1. The average molecular weight is 434 g/mol. The van der Waals surface area contributed by atoms with Crippen LogP contribution in [0.2, 0.25) is 0 Å². The van der Waals surface area contributed by atoms with Crippen molar-refractivity contribution >= 4 is 16.6 Å². The van der Waals surface area contributed by atoms with Gasteiger partial charge in [-0.15, -0.1) is 0 Å². The lowest BCUT2D eigenvalue weighted by Gasteiger charge is -2.17. The Kier molecular flexibility index (Phi) is 4.16. The standard InChI is InChI=1S/C22H19FN6O3/c1-11-7-13(11)21-26-20(27-32-21)17-19-22(30)28(9-12-3-2-6-31-12)18-14(8-24)15(23)4-5-16(18)29(19)10-25-17/h4-5,10-13H,2-3,6-7,9H2,1H3. The summed E-state index contributed by atoms with van der Waals surface area (Å²) in [7, 11) is 0. The van der Waals surface area contributed by atoms with Crippen LogP contribution in [0.1, 0.15) is 43.6 Å². The number of hydrogen-bond donors (Lipinski definition) is 0. The Morgan fingerprint density at radius 2 is 2.19 bits per heavy atom. The Hall–Kier alpha value is -3.58. The van der Waals surface area contributed by atoms with Gasteiger partial charge >= 0.3 is 0 Å². The van der Waals surface area contributed by atoms with Crippen molar-refractivity contribution in [1.29, 1.82) is 5.26 Å². The van der Waals surface area contributed by atoms with Gasteiger partial charge in [-0.05, 0) is 37.3 Å². The number of imidazole rings is 1. The quantitative estimate of drug-likeness (QED) is 0.485. The van der Waals surface area contributed by atoms with Gasteiger partial charge in [-0.2, -0.15) is 10.2 Å². The predicted molar refractivity (Wildman–Crippen MR) is 110 cm³/mol. The lowest BCUT2D eigenvalue weighted by molar-refractivity contribution is 0.0972. The first-order chi connectivity index (χ1) is 15.6. The van der Waals surface area contributed by atoms with Crippen LogP contribution in [-0.2, 0) is 11.3 Å². The van der Waals surface area contributed by atoms with Crippen LogP contribution in [0.3, 0.4) is 0 Å². The van der Waals surface area contributed by atoms with Crippen LogP contribution in [0, 0.1) is 23.1 Å². The van der Waals surface area contributed by atoms with E-state index >= 15 is 0 Å². The van der Waals surface area contributed by atoms with Crippen molar-refractivity contribution in [2.24, 2.45) is 5.92 Å². The molecule has 0 radical (unpaired) electrons. The first-order valence-corrected chi connectivity index (χ1v) is 10.6. The monoisotopic (exact) mass is 434 g/mol. The number of fused-ring (bicyclic) bond motifs is 3. The van der Waals surface area contributed by atoms with Crippen molar-refractivity contribution in [2.45, 2.75) is 44.8 Å². The van der Waals surface area contributed by atoms with Gasteiger partial charge in [0.05, 0.1) is 23.7 Å². The summed E-state index contributed by atoms with van der Waals surface area (Å²) in [6.07, 6.45) is 3.96. The molecular weight excluding hydrogens is 415 g/mol. The Balaban J connectivity index is 1.62. The van der Waals surface area contributed by atoms with Crippen molar-refractivity contribution in [1.82, 2.24) is 24.1 Å². The van der Waals surface area contributed by atoms with E-state index in [2.05, 4.69) is 22.0 Å². The van der Waals surface area contributed by atoms with Gasteiger partial charge in [0.2, 0.25) is 11.7 Å². The molecule has 4 aromatic rings. The van der Waals surface area contributed by atoms with Crippen LogP contribution < -0.4 is 5.56 Å². The molecule has 0 bridgehead atoms. The molecule has 0 amide bonds. The molecule has 3 atom stereocenters. The fraction of sp³-hybridized carbons (Fsp3) is 0.409. The van der Waals surface area contributed by atoms with E-state index in [1.54, 1.807) is 10.5 Å². The van der Waals surface area contributed by atoms with E-state index in [0.717, 1.165) is 19.3 Å². The zero-order valence-corrected chi connectivity index (χ0v) is 17.3. The Bertz CT molecular complexity index is 1470. The molecule has 3 unspecified atom stereocenters. The summed E-state index contributed by atoms with van der Waals surface area (Å²) in [4.78, 5) is 22.6. The summed E-state index contributed by atoms with van der Waals surface area (Å²) < 4.78 is 28.6. The highest BCUT2D eigenvalue weighted by molar-refractivity contribution is 5.87. The molecule has 2 fully saturated rings. The maximum atomic E-state index is 14.5. The largest absolute Gasteiger partial charge is 0.376 e. The summed E-state index contributed by atoms with van der Waals surface area (Å²) in [6, 6.07) is 4.68. The van der Waals surface area contributed by atoms with E-state index in [-0.39, 0.29) is 41.0 Å². The van der Waals surface area contributed by atoms with Crippen LogP contribution in [-0.4, -0.2) is 36.8 Å². The molecular formula is C22H19FN6O3. The number of rotatable bonds is 4. The van der Waals surface area contributed by atoms with Crippen LogP contribution in [0.25, 0.3) is 28.1 Å². The molecule has 1 saturated heterocycles. The highest BCUT2D eigenvalue weighted by Crippen LogP contribution is 2.46. The highest BCUT2D eigenvalue weighted by atomic mass is 19.1. The van der Waals surface area contributed by atoms with Gasteiger partial charge in [0.1, 0.15) is 35.0 Å². The minimum atomic E-state index is -0.679. The zero-order chi connectivity index (χ0) is 22.0. The summed E-state index contributed by atoms with van der Waals surface area (Å²) in [6.45, 7) is 2.94. The minimum Gasteiger partial charge on any atom is -0.376 e. The van der Waals surface area contributed by atoms with Gasteiger partial charge in [0.15, 0.2) is 0 Å². The molecule has 9 nitrogen and oxygen atoms in total. The molecule has 1 aliphatic heterocycles. The van der Waals surface area contributed by atoms with Gasteiger partial charge in [-0.25, -0.2) is 9.37 Å². The van der Waals surface area contributed by atoms with Crippen molar-refractivity contribution in [2.75, 3.05) is 6.61 Å². The van der Waals surface area contributed by atoms with Gasteiger partial charge < -0.3 is 13.8 Å². The molecule has 0 spiro atoms. The van der Waals surface area contributed by atoms with E-state index in [1.165, 1.54) is 17.0 Å². The molecule has 162 valence electrons. The number of hydrogen-bond acceptors (Lipinski definition) is 7. The first-order valence-electron chi connectivity index (χ1n) is 10.6. The molecule has 10 heteroatoms. The average Bonchev–Trinajstić information content (AvgIpc) is 3.26. The Morgan fingerprint density at radius 3 is 2.91 bits per heavy atom. The number of aromatic nitrogens is 5. The summed E-state index contributed by atoms with van der Waals surface area (Å²) in [5, 5.41) is 13.7. The highest BCUT2D eigenvalue weighted by Gasteiger charge is 2.39. The van der Waals surface area contributed by atoms with E-state index in [4.69, 9.17) is 9.26 Å². The number of benzene rings is 1. The zero-order valence-electron chi connectivity index (χ0n) is 17.3. The third kappa shape index (κ3) is 2.78. The van der Waals surface area contributed by atoms with Gasteiger partial charge in [0.25, 0.3) is 5.56 Å². The fourth-order valence-electron chi connectivity index (χ4n) is 4.57. The lowest BCUT2D eigenvalue weighted by Crippen LogP contribution is -2.29. The minimum absolute atomic E-state index is 0.181. The topological polar surface area (TPSA) is 111 Å². The third-order valence-electron chi connectivity index (χ3n) is 6.45. The molecule has 3 aromatic heterocycles. The maximum absolute atomic E-state index is 14.5. The third-order valence-corrected chi connectivity index (χ3v) is 6.45. The molecule has 1 saturated carbocycles. The van der Waals surface area contributed by atoms with Crippen LogP contribution in [0.4, 0.5) is 4.39 Å². The fourth-order valence-corrected chi connectivity index (χ4v) is 4.57. The summed E-state index contributed by atoms with van der Waals surface area (Å²) in [5.41, 5.74) is 0.679. The van der Waals surface area contributed by atoms with Gasteiger partial charge in [0, 0.05) is 12.5 Å². The lowest BCUT2D eigenvalue weighted by atomic mass is 10.1. The maximum Gasteiger partial charge on any atom is 0.277 e. The van der Waals surface area contributed by atoms with Crippen molar-refractivity contribution < 1.29 is 13.7 Å². The molecule has 1 aromatic carbocycles. The Labute approximate surface area is 181 Å². The molecule has 2 aliphatic rings. The van der Waals surface area contributed by atoms with Crippen molar-refractivity contribution in [3.8, 4) is 17.6 Å². The van der Waals surface area contributed by atoms with E-state index in [0.29, 0.717) is 29.6 Å². The van der Waals surface area contributed by atoms with Crippen LogP contribution in [0.15, 0.2) is 27.8 Å². The van der Waals surface area contributed by atoms with Gasteiger partial charge in [-0.3, -0.25) is 9.20 Å². The van der Waals surface area contributed by atoms with E-state index < -0.39 is 11.4 Å². The summed E-state index contributed by atoms with van der Waals surface area (Å²) in [5.74, 6) is 0.839.